The summed E-state index contributed by atoms with van der Waals surface area (Å²) in [5.74, 6) is 0.213. The van der Waals surface area contributed by atoms with Crippen LogP contribution in [-0.4, -0.2) is 79.0 Å². The van der Waals surface area contributed by atoms with Crippen LogP contribution in [0.4, 0.5) is 16.2 Å². The van der Waals surface area contributed by atoms with Gasteiger partial charge in [0.1, 0.15) is 5.60 Å². The van der Waals surface area contributed by atoms with E-state index in [1.54, 1.807) is 5.06 Å². The molecule has 37 heavy (non-hydrogen) atoms. The minimum absolute atomic E-state index is 0.213. The van der Waals surface area contributed by atoms with Gasteiger partial charge in [0.2, 0.25) is 5.91 Å². The zero-order valence-electron chi connectivity index (χ0n) is 23.3. The minimum Gasteiger partial charge on any atom is -0.427 e. The summed E-state index contributed by atoms with van der Waals surface area (Å²) in [4.78, 5) is 38.3. The number of nitrogens with zero attached hydrogens (tertiary/aromatic N) is 4. The molecule has 4 aliphatic heterocycles. The second-order valence-electron chi connectivity index (χ2n) is 12.6. The van der Waals surface area contributed by atoms with Gasteiger partial charge in [0.05, 0.1) is 5.41 Å². The lowest BCUT2D eigenvalue weighted by Gasteiger charge is -2.36. The van der Waals surface area contributed by atoms with Crippen molar-refractivity contribution in [3.05, 3.63) is 23.8 Å². The molecule has 1 aromatic carbocycles. The first-order valence-electron chi connectivity index (χ1n) is 14.1. The van der Waals surface area contributed by atoms with Gasteiger partial charge in [-0.1, -0.05) is 0 Å². The van der Waals surface area contributed by atoms with E-state index >= 15 is 0 Å². The van der Waals surface area contributed by atoms with Gasteiger partial charge in [0.15, 0.2) is 0 Å². The van der Waals surface area contributed by atoms with Gasteiger partial charge in [-0.3, -0.25) is 9.69 Å². The Labute approximate surface area is 221 Å². The molecule has 0 aromatic heterocycles. The van der Waals surface area contributed by atoms with Crippen LogP contribution in [0.1, 0.15) is 71.8 Å². The molecule has 0 unspecified atom stereocenters. The average molecular weight is 513 g/mol. The molecule has 0 N–H and O–H groups in total. The lowest BCUT2D eigenvalue weighted by atomic mass is 9.77. The van der Waals surface area contributed by atoms with Crippen LogP contribution in [-0.2, 0) is 14.4 Å². The average Bonchev–Trinajstić information content (AvgIpc) is 3.55. The van der Waals surface area contributed by atoms with Crippen molar-refractivity contribution in [1.82, 2.24) is 9.96 Å². The quantitative estimate of drug-likeness (QED) is 0.540. The van der Waals surface area contributed by atoms with Gasteiger partial charge in [0, 0.05) is 56.2 Å². The summed E-state index contributed by atoms with van der Waals surface area (Å²) in [6, 6.07) is 7.98. The number of rotatable bonds is 4. The third kappa shape index (κ3) is 5.46. The summed E-state index contributed by atoms with van der Waals surface area (Å²) in [7, 11) is 0. The van der Waals surface area contributed by atoms with E-state index in [1.165, 1.54) is 31.5 Å². The maximum Gasteiger partial charge on any atom is 0.528 e. The van der Waals surface area contributed by atoms with Gasteiger partial charge in [-0.05, 0) is 103 Å². The highest BCUT2D eigenvalue weighted by Crippen LogP contribution is 2.44. The van der Waals surface area contributed by atoms with Crippen molar-refractivity contribution in [2.75, 3.05) is 49.1 Å². The fraction of sp³-hybridized carbons (Fsp3) is 0.724. The van der Waals surface area contributed by atoms with E-state index in [0.717, 1.165) is 37.3 Å². The van der Waals surface area contributed by atoms with E-state index in [-0.39, 0.29) is 11.3 Å². The number of piperidine rings is 1. The van der Waals surface area contributed by atoms with Crippen molar-refractivity contribution in [3.63, 3.8) is 0 Å². The highest BCUT2D eigenvalue weighted by molar-refractivity contribution is 6.00. The summed E-state index contributed by atoms with van der Waals surface area (Å²) >= 11 is 0. The monoisotopic (exact) mass is 512 g/mol. The summed E-state index contributed by atoms with van der Waals surface area (Å²) in [6.45, 7) is 15.2. The normalized spacial score (nSPS) is 26.9. The second kappa shape index (κ2) is 10.1. The Hall–Kier alpha value is -2.32. The molecule has 1 amide bonds. The topological polar surface area (TPSA) is 65.6 Å². The summed E-state index contributed by atoms with van der Waals surface area (Å²) in [5, 5.41) is 1.64. The zero-order valence-corrected chi connectivity index (χ0v) is 23.3. The third-order valence-electron chi connectivity index (χ3n) is 8.86. The fourth-order valence-electron chi connectivity index (χ4n) is 6.78. The lowest BCUT2D eigenvalue weighted by molar-refractivity contribution is -0.166. The predicted molar refractivity (Wildman–Crippen MR) is 145 cm³/mol. The molecular weight excluding hydrogens is 468 g/mol. The lowest BCUT2D eigenvalue weighted by Crippen LogP contribution is -2.45. The van der Waals surface area contributed by atoms with E-state index < -0.39 is 11.8 Å². The molecule has 0 saturated carbocycles. The van der Waals surface area contributed by atoms with Crippen LogP contribution in [0.5, 0.6) is 0 Å². The maximum atomic E-state index is 13.7. The highest BCUT2D eigenvalue weighted by Gasteiger charge is 2.49. The molecule has 5 rings (SSSR count). The number of ether oxygens (including phenoxy) is 1. The first-order valence-corrected chi connectivity index (χ1v) is 14.1. The van der Waals surface area contributed by atoms with E-state index in [9.17, 15) is 9.59 Å². The van der Waals surface area contributed by atoms with E-state index in [1.807, 2.05) is 25.7 Å². The number of carbonyl (C=O) groups is 2. The van der Waals surface area contributed by atoms with Crippen LogP contribution in [0.3, 0.4) is 0 Å². The van der Waals surface area contributed by atoms with Crippen LogP contribution < -0.4 is 9.80 Å². The molecule has 4 saturated heterocycles. The number of anilines is 2. The van der Waals surface area contributed by atoms with Crippen molar-refractivity contribution in [2.24, 2.45) is 5.41 Å². The van der Waals surface area contributed by atoms with Gasteiger partial charge in [-0.25, -0.2) is 4.79 Å². The van der Waals surface area contributed by atoms with E-state index in [2.05, 4.69) is 41.8 Å². The summed E-state index contributed by atoms with van der Waals surface area (Å²) < 4.78 is 5.27. The molecule has 204 valence electrons. The second-order valence-corrected chi connectivity index (χ2v) is 12.6. The molecule has 2 atom stereocenters. The Morgan fingerprint density at radius 1 is 1.03 bits per heavy atom. The third-order valence-corrected chi connectivity index (χ3v) is 8.86. The molecule has 1 aromatic rings. The maximum absolute atomic E-state index is 13.7. The molecule has 0 bridgehead atoms. The number of likely N-dealkylation sites (tertiary alicyclic amines) is 1. The number of hydroxylamine groups is 2. The van der Waals surface area contributed by atoms with Crippen molar-refractivity contribution in [2.45, 2.75) is 90.8 Å². The molecule has 0 radical (unpaired) electrons. The molecule has 8 nitrogen and oxygen atoms in total. The number of hydrogen-bond donors (Lipinski definition) is 0. The van der Waals surface area contributed by atoms with Crippen molar-refractivity contribution in [3.8, 4) is 0 Å². The predicted octanol–water partition coefficient (Wildman–Crippen LogP) is 4.74. The van der Waals surface area contributed by atoms with E-state index in [4.69, 9.17) is 9.57 Å². The van der Waals surface area contributed by atoms with Crippen LogP contribution in [0.15, 0.2) is 18.2 Å². The number of carbonyl (C=O) groups excluding carboxylic acids is 2. The van der Waals surface area contributed by atoms with Crippen LogP contribution in [0, 0.1) is 12.3 Å². The van der Waals surface area contributed by atoms with E-state index in [0.29, 0.717) is 38.0 Å². The van der Waals surface area contributed by atoms with Gasteiger partial charge in [-0.2, -0.15) is 0 Å². The molecule has 0 aliphatic carbocycles. The van der Waals surface area contributed by atoms with Crippen molar-refractivity contribution in [1.29, 1.82) is 0 Å². The molecule has 1 spiro atoms. The first kappa shape index (κ1) is 26.3. The molecule has 8 heteroatoms. The van der Waals surface area contributed by atoms with Gasteiger partial charge >= 0.3 is 6.16 Å². The smallest absolute Gasteiger partial charge is 0.427 e. The first-order chi connectivity index (χ1) is 17.5. The Kier molecular flexibility index (Phi) is 7.18. The van der Waals surface area contributed by atoms with Crippen molar-refractivity contribution < 1.29 is 19.2 Å². The minimum atomic E-state index is -0.683. The number of benzene rings is 1. The number of hydrogen-bond acceptors (Lipinski definition) is 7. The SMILES string of the molecule is Cc1cc(N2CC[C@@H](N3CCC[C@H]3C)C2)ccc1N1CCC2(CCN(OC(=O)OC(C)(C)C)CC2)C1=O. The Morgan fingerprint density at radius 3 is 2.41 bits per heavy atom. The molecular formula is C29H44N4O4. The standard InChI is InChI=1S/C29H44N4O4/c1-21-19-23(30-15-10-24(20-30)32-14-6-7-22(32)2)8-9-25(21)33-18-13-29(26(33)34)11-16-31(17-12-29)37-27(35)36-28(3,4)5/h8-9,19,22,24H,6-7,10-18,20H2,1-5H3/t22-,24-/m1/s1. The summed E-state index contributed by atoms with van der Waals surface area (Å²) in [6.07, 6.45) is 5.41. The number of amides is 1. The van der Waals surface area contributed by atoms with Crippen molar-refractivity contribution >= 4 is 23.4 Å². The fourth-order valence-corrected chi connectivity index (χ4v) is 6.78. The number of aryl methyl sites for hydroxylation is 1. The van der Waals surface area contributed by atoms with Crippen LogP contribution in [0.2, 0.25) is 0 Å². The van der Waals surface area contributed by atoms with Gasteiger partial charge in [-0.15, -0.1) is 5.06 Å². The van der Waals surface area contributed by atoms with Gasteiger partial charge < -0.3 is 19.4 Å². The van der Waals surface area contributed by atoms with Crippen LogP contribution in [0.25, 0.3) is 0 Å². The zero-order chi connectivity index (χ0) is 26.4. The molecule has 4 heterocycles. The Bertz CT molecular complexity index is 1010. The highest BCUT2D eigenvalue weighted by atomic mass is 16.8. The van der Waals surface area contributed by atoms with Crippen LogP contribution >= 0.6 is 0 Å². The molecule has 4 aliphatic rings. The summed E-state index contributed by atoms with van der Waals surface area (Å²) in [5.41, 5.74) is 2.50. The Balaban J connectivity index is 1.18. The Morgan fingerprint density at radius 2 is 1.76 bits per heavy atom. The van der Waals surface area contributed by atoms with Gasteiger partial charge in [0.25, 0.3) is 0 Å². The molecule has 4 fully saturated rings. The largest absolute Gasteiger partial charge is 0.528 e.